The molecule has 1 aromatic heterocycles. The minimum absolute atomic E-state index is 0.0513. The Hall–Kier alpha value is -0.800. The Morgan fingerprint density at radius 3 is 3.00 bits per heavy atom. The van der Waals surface area contributed by atoms with Gasteiger partial charge in [-0.3, -0.25) is 0 Å². The van der Waals surface area contributed by atoms with Crippen LogP contribution in [0.5, 0.6) is 0 Å². The van der Waals surface area contributed by atoms with Crippen LogP contribution in [0.4, 0.5) is 0 Å². The van der Waals surface area contributed by atoms with E-state index in [1.54, 1.807) is 12.5 Å². The van der Waals surface area contributed by atoms with Crippen LogP contribution in [0.25, 0.3) is 0 Å². The average molecular weight is 209 g/mol. The van der Waals surface area contributed by atoms with Crippen LogP contribution in [-0.4, -0.2) is 18.2 Å². The molecule has 0 saturated carbocycles. The highest BCUT2D eigenvalue weighted by atomic mass is 16.5. The van der Waals surface area contributed by atoms with E-state index >= 15 is 0 Å². The molecular formula is C12H19NO2. The van der Waals surface area contributed by atoms with Crippen molar-refractivity contribution in [3.05, 3.63) is 24.2 Å². The van der Waals surface area contributed by atoms with E-state index in [1.165, 1.54) is 6.42 Å². The second kappa shape index (κ2) is 4.37. The van der Waals surface area contributed by atoms with Crippen molar-refractivity contribution in [2.45, 2.75) is 44.2 Å². The van der Waals surface area contributed by atoms with Gasteiger partial charge in [0.05, 0.1) is 18.1 Å². The molecule has 2 unspecified atom stereocenters. The summed E-state index contributed by atoms with van der Waals surface area (Å²) in [7, 11) is 0. The number of furan rings is 1. The maximum absolute atomic E-state index is 6.21. The summed E-state index contributed by atoms with van der Waals surface area (Å²) >= 11 is 0. The lowest BCUT2D eigenvalue weighted by Crippen LogP contribution is -2.50. The van der Waals surface area contributed by atoms with Crippen LogP contribution in [-0.2, 0) is 11.2 Å². The van der Waals surface area contributed by atoms with Crippen molar-refractivity contribution in [2.75, 3.05) is 6.61 Å². The van der Waals surface area contributed by atoms with Crippen LogP contribution in [0.1, 0.15) is 31.7 Å². The van der Waals surface area contributed by atoms with Crippen molar-refractivity contribution in [1.82, 2.24) is 0 Å². The molecule has 2 rings (SSSR count). The summed E-state index contributed by atoms with van der Waals surface area (Å²) < 4.78 is 10.9. The lowest BCUT2D eigenvalue weighted by molar-refractivity contribution is -0.0808. The van der Waals surface area contributed by atoms with Gasteiger partial charge in [-0.15, -0.1) is 0 Å². The van der Waals surface area contributed by atoms with Gasteiger partial charge >= 0.3 is 0 Å². The first-order valence-electron chi connectivity index (χ1n) is 5.61. The van der Waals surface area contributed by atoms with Gasteiger partial charge in [-0.1, -0.05) is 0 Å². The zero-order valence-corrected chi connectivity index (χ0v) is 9.24. The van der Waals surface area contributed by atoms with Gasteiger partial charge in [0.2, 0.25) is 0 Å². The lowest BCUT2D eigenvalue weighted by Gasteiger charge is -2.38. The Morgan fingerprint density at radius 1 is 1.53 bits per heavy atom. The molecule has 2 heterocycles. The Balaban J connectivity index is 1.97. The van der Waals surface area contributed by atoms with Crippen LogP contribution in [0.2, 0.25) is 0 Å². The monoisotopic (exact) mass is 209 g/mol. The fraction of sp³-hybridized carbons (Fsp3) is 0.667. The van der Waals surface area contributed by atoms with Gasteiger partial charge in [0, 0.05) is 12.6 Å². The highest BCUT2D eigenvalue weighted by molar-refractivity contribution is 5.09. The predicted octanol–water partition coefficient (Wildman–Crippen LogP) is 2.11. The smallest absolute Gasteiger partial charge is 0.0935 e. The summed E-state index contributed by atoms with van der Waals surface area (Å²) in [4.78, 5) is 0. The zero-order chi connectivity index (χ0) is 10.7. The quantitative estimate of drug-likeness (QED) is 0.829. The van der Waals surface area contributed by atoms with E-state index in [-0.39, 0.29) is 11.6 Å². The molecule has 0 aromatic carbocycles. The molecule has 1 aliphatic rings. The third-order valence-electron chi connectivity index (χ3n) is 3.32. The largest absolute Gasteiger partial charge is 0.472 e. The normalized spacial score (nSPS) is 28.9. The van der Waals surface area contributed by atoms with E-state index < -0.39 is 0 Å². The van der Waals surface area contributed by atoms with Crippen molar-refractivity contribution >= 4 is 0 Å². The summed E-state index contributed by atoms with van der Waals surface area (Å²) in [6, 6.07) is 2.02. The zero-order valence-electron chi connectivity index (χ0n) is 9.24. The molecule has 1 fully saturated rings. The molecule has 1 saturated heterocycles. The van der Waals surface area contributed by atoms with Crippen molar-refractivity contribution in [3.63, 3.8) is 0 Å². The summed E-state index contributed by atoms with van der Waals surface area (Å²) in [5.41, 5.74) is 7.20. The summed E-state index contributed by atoms with van der Waals surface area (Å²) in [5, 5.41) is 0. The standard InChI is InChI=1S/C12H19NO2/c1-12(5-2-3-6-15-12)11(13)8-10-4-7-14-9-10/h4,7,9,11H,2-3,5-6,8,13H2,1H3. The molecule has 0 bridgehead atoms. The summed E-state index contributed by atoms with van der Waals surface area (Å²) in [6.07, 6.45) is 7.71. The van der Waals surface area contributed by atoms with Crippen LogP contribution in [0.15, 0.2) is 23.0 Å². The number of ether oxygens (including phenoxy) is 1. The Labute approximate surface area is 90.6 Å². The van der Waals surface area contributed by atoms with Crippen LogP contribution in [0.3, 0.4) is 0 Å². The molecule has 84 valence electrons. The highest BCUT2D eigenvalue weighted by Gasteiger charge is 2.34. The molecule has 3 nitrogen and oxygen atoms in total. The average Bonchev–Trinajstić information content (AvgIpc) is 2.71. The Bertz CT molecular complexity index is 289. The maximum atomic E-state index is 6.21. The minimum Gasteiger partial charge on any atom is -0.472 e. The van der Waals surface area contributed by atoms with Gasteiger partial charge in [-0.2, -0.15) is 0 Å². The summed E-state index contributed by atoms with van der Waals surface area (Å²) in [5.74, 6) is 0. The van der Waals surface area contributed by atoms with E-state index in [0.717, 1.165) is 31.4 Å². The molecule has 15 heavy (non-hydrogen) atoms. The predicted molar refractivity (Wildman–Crippen MR) is 58.6 cm³/mol. The lowest BCUT2D eigenvalue weighted by atomic mass is 9.86. The van der Waals surface area contributed by atoms with Crippen LogP contribution < -0.4 is 5.73 Å². The molecular weight excluding hydrogens is 190 g/mol. The van der Waals surface area contributed by atoms with Gasteiger partial charge in [0.25, 0.3) is 0 Å². The molecule has 2 atom stereocenters. The SMILES string of the molecule is CC1(C(N)Cc2ccoc2)CCCCO1. The van der Waals surface area contributed by atoms with Crippen molar-refractivity contribution in [1.29, 1.82) is 0 Å². The van der Waals surface area contributed by atoms with E-state index in [9.17, 15) is 0 Å². The maximum Gasteiger partial charge on any atom is 0.0935 e. The Morgan fingerprint density at radius 2 is 2.40 bits per heavy atom. The third kappa shape index (κ3) is 2.41. The topological polar surface area (TPSA) is 48.4 Å². The van der Waals surface area contributed by atoms with Crippen molar-refractivity contribution < 1.29 is 9.15 Å². The van der Waals surface area contributed by atoms with Gasteiger partial charge < -0.3 is 14.9 Å². The first kappa shape index (κ1) is 10.7. The van der Waals surface area contributed by atoms with Crippen molar-refractivity contribution in [2.24, 2.45) is 5.73 Å². The van der Waals surface area contributed by atoms with Crippen LogP contribution in [0, 0.1) is 0 Å². The molecule has 1 aliphatic heterocycles. The van der Waals surface area contributed by atoms with Gasteiger partial charge in [-0.05, 0) is 44.2 Å². The molecule has 0 amide bonds. The van der Waals surface area contributed by atoms with Gasteiger partial charge in [-0.25, -0.2) is 0 Å². The van der Waals surface area contributed by atoms with Crippen molar-refractivity contribution in [3.8, 4) is 0 Å². The number of rotatable bonds is 3. The number of nitrogens with two attached hydrogens (primary N) is 1. The molecule has 0 radical (unpaired) electrons. The second-order valence-corrected chi connectivity index (χ2v) is 4.56. The van der Waals surface area contributed by atoms with E-state index in [2.05, 4.69) is 6.92 Å². The van der Waals surface area contributed by atoms with Gasteiger partial charge in [0.1, 0.15) is 0 Å². The molecule has 0 aliphatic carbocycles. The van der Waals surface area contributed by atoms with Crippen LogP contribution >= 0.6 is 0 Å². The molecule has 0 spiro atoms. The molecule has 2 N–H and O–H groups in total. The number of hydrogen-bond donors (Lipinski definition) is 1. The third-order valence-corrected chi connectivity index (χ3v) is 3.32. The van der Waals surface area contributed by atoms with E-state index in [1.807, 2.05) is 6.07 Å². The highest BCUT2D eigenvalue weighted by Crippen LogP contribution is 2.28. The van der Waals surface area contributed by atoms with E-state index in [0.29, 0.717) is 0 Å². The fourth-order valence-electron chi connectivity index (χ4n) is 2.13. The molecule has 3 heteroatoms. The second-order valence-electron chi connectivity index (χ2n) is 4.56. The fourth-order valence-corrected chi connectivity index (χ4v) is 2.13. The summed E-state index contributed by atoms with van der Waals surface area (Å²) in [6.45, 7) is 2.96. The van der Waals surface area contributed by atoms with E-state index in [4.69, 9.17) is 14.9 Å². The van der Waals surface area contributed by atoms with Gasteiger partial charge in [0.15, 0.2) is 0 Å². The molecule has 1 aromatic rings. The minimum atomic E-state index is -0.157. The first-order valence-corrected chi connectivity index (χ1v) is 5.61. The Kier molecular flexibility index (Phi) is 3.12. The number of hydrogen-bond acceptors (Lipinski definition) is 3. The first-order chi connectivity index (χ1) is 7.21.